The SMILES string of the molecule is CCC(CC#N)N1CCCCCC1C. The molecule has 0 radical (unpaired) electrons. The average Bonchev–Trinajstić information content (AvgIpc) is 2.40. The highest BCUT2D eigenvalue weighted by atomic mass is 15.2. The number of nitriles is 1. The van der Waals surface area contributed by atoms with E-state index in [1.165, 1.54) is 32.2 Å². The molecular weight excluding hydrogens is 172 g/mol. The van der Waals surface area contributed by atoms with Crippen LogP contribution in [0.2, 0.25) is 0 Å². The monoisotopic (exact) mass is 194 g/mol. The maximum Gasteiger partial charge on any atom is 0.0638 e. The maximum absolute atomic E-state index is 8.78. The molecule has 0 aromatic heterocycles. The molecule has 14 heavy (non-hydrogen) atoms. The van der Waals surface area contributed by atoms with Crippen molar-refractivity contribution in [3.05, 3.63) is 0 Å². The summed E-state index contributed by atoms with van der Waals surface area (Å²) in [5, 5.41) is 8.78. The van der Waals surface area contributed by atoms with Crippen LogP contribution in [-0.4, -0.2) is 23.5 Å². The second-order valence-corrected chi connectivity index (χ2v) is 4.36. The second kappa shape index (κ2) is 6.03. The van der Waals surface area contributed by atoms with Crippen LogP contribution in [0.25, 0.3) is 0 Å². The summed E-state index contributed by atoms with van der Waals surface area (Å²) >= 11 is 0. The van der Waals surface area contributed by atoms with Gasteiger partial charge in [-0.3, -0.25) is 4.90 Å². The van der Waals surface area contributed by atoms with Crippen LogP contribution in [-0.2, 0) is 0 Å². The summed E-state index contributed by atoms with van der Waals surface area (Å²) in [6.45, 7) is 5.70. The van der Waals surface area contributed by atoms with Gasteiger partial charge >= 0.3 is 0 Å². The van der Waals surface area contributed by atoms with E-state index in [1.54, 1.807) is 0 Å². The van der Waals surface area contributed by atoms with Gasteiger partial charge in [0.2, 0.25) is 0 Å². The van der Waals surface area contributed by atoms with Crippen LogP contribution in [0.1, 0.15) is 52.4 Å². The molecule has 0 aliphatic carbocycles. The molecule has 0 aromatic rings. The van der Waals surface area contributed by atoms with Gasteiger partial charge < -0.3 is 0 Å². The predicted molar refractivity (Wildman–Crippen MR) is 58.9 cm³/mol. The quantitative estimate of drug-likeness (QED) is 0.690. The molecule has 2 unspecified atom stereocenters. The molecule has 80 valence electrons. The van der Waals surface area contributed by atoms with Gasteiger partial charge in [0.1, 0.15) is 0 Å². The van der Waals surface area contributed by atoms with Gasteiger partial charge in [0.25, 0.3) is 0 Å². The highest BCUT2D eigenvalue weighted by molar-refractivity contribution is 4.85. The summed E-state index contributed by atoms with van der Waals surface area (Å²) in [5.41, 5.74) is 0. The van der Waals surface area contributed by atoms with Gasteiger partial charge in [-0.15, -0.1) is 0 Å². The van der Waals surface area contributed by atoms with Gasteiger partial charge in [0.05, 0.1) is 12.5 Å². The van der Waals surface area contributed by atoms with Crippen LogP contribution in [0.15, 0.2) is 0 Å². The topological polar surface area (TPSA) is 27.0 Å². The smallest absolute Gasteiger partial charge is 0.0638 e. The zero-order valence-corrected chi connectivity index (χ0v) is 9.50. The van der Waals surface area contributed by atoms with E-state index in [4.69, 9.17) is 5.26 Å². The Hall–Kier alpha value is -0.550. The zero-order chi connectivity index (χ0) is 10.4. The van der Waals surface area contributed by atoms with Gasteiger partial charge in [-0.25, -0.2) is 0 Å². The summed E-state index contributed by atoms with van der Waals surface area (Å²) in [4.78, 5) is 2.55. The summed E-state index contributed by atoms with van der Waals surface area (Å²) in [5.74, 6) is 0. The zero-order valence-electron chi connectivity index (χ0n) is 9.50. The first-order valence-corrected chi connectivity index (χ1v) is 5.92. The van der Waals surface area contributed by atoms with Crippen molar-refractivity contribution in [2.45, 2.75) is 64.5 Å². The molecule has 0 spiro atoms. The Labute approximate surface area is 87.9 Å². The van der Waals surface area contributed by atoms with Gasteiger partial charge in [-0.2, -0.15) is 5.26 Å². The first-order chi connectivity index (χ1) is 6.79. The molecule has 0 aromatic carbocycles. The highest BCUT2D eigenvalue weighted by Gasteiger charge is 2.23. The molecule has 2 heteroatoms. The van der Waals surface area contributed by atoms with Crippen molar-refractivity contribution in [1.82, 2.24) is 4.90 Å². The van der Waals surface area contributed by atoms with Crippen LogP contribution in [0.3, 0.4) is 0 Å². The van der Waals surface area contributed by atoms with E-state index < -0.39 is 0 Å². The Morgan fingerprint density at radius 1 is 1.43 bits per heavy atom. The van der Waals surface area contributed by atoms with Crippen LogP contribution in [0.5, 0.6) is 0 Å². The summed E-state index contributed by atoms with van der Waals surface area (Å²) < 4.78 is 0. The highest BCUT2D eigenvalue weighted by Crippen LogP contribution is 2.21. The third kappa shape index (κ3) is 2.99. The van der Waals surface area contributed by atoms with Crippen LogP contribution >= 0.6 is 0 Å². The van der Waals surface area contributed by atoms with Gasteiger partial charge in [0.15, 0.2) is 0 Å². The largest absolute Gasteiger partial charge is 0.297 e. The molecule has 2 atom stereocenters. The molecule has 1 fully saturated rings. The number of hydrogen-bond acceptors (Lipinski definition) is 2. The van der Waals surface area contributed by atoms with E-state index in [0.717, 1.165) is 6.42 Å². The standard InChI is InChI=1S/C12H22N2/c1-3-12(8-9-13)14-10-6-4-5-7-11(14)2/h11-12H,3-8,10H2,1-2H3. The predicted octanol–water partition coefficient (Wildman–Crippen LogP) is 2.94. The molecular formula is C12H22N2. The number of hydrogen-bond donors (Lipinski definition) is 0. The Balaban J connectivity index is 2.56. The lowest BCUT2D eigenvalue weighted by molar-refractivity contribution is 0.144. The maximum atomic E-state index is 8.78. The minimum Gasteiger partial charge on any atom is -0.297 e. The summed E-state index contributed by atoms with van der Waals surface area (Å²) in [6.07, 6.45) is 7.15. The molecule has 2 nitrogen and oxygen atoms in total. The minimum absolute atomic E-state index is 0.494. The Morgan fingerprint density at radius 3 is 2.86 bits per heavy atom. The van der Waals surface area contributed by atoms with Crippen molar-refractivity contribution in [2.75, 3.05) is 6.54 Å². The lowest BCUT2D eigenvalue weighted by atomic mass is 10.1. The van der Waals surface area contributed by atoms with Crippen LogP contribution in [0.4, 0.5) is 0 Å². The van der Waals surface area contributed by atoms with Crippen molar-refractivity contribution >= 4 is 0 Å². The molecule has 0 bridgehead atoms. The van der Waals surface area contributed by atoms with E-state index >= 15 is 0 Å². The van der Waals surface area contributed by atoms with Gasteiger partial charge in [0, 0.05) is 12.1 Å². The van der Waals surface area contributed by atoms with Crippen molar-refractivity contribution < 1.29 is 0 Å². The third-order valence-electron chi connectivity index (χ3n) is 3.37. The average molecular weight is 194 g/mol. The normalized spacial score (nSPS) is 26.5. The van der Waals surface area contributed by atoms with E-state index in [1.807, 2.05) is 0 Å². The third-order valence-corrected chi connectivity index (χ3v) is 3.37. The molecule has 1 heterocycles. The van der Waals surface area contributed by atoms with Crippen LogP contribution < -0.4 is 0 Å². The Bertz CT molecular complexity index is 195. The fraction of sp³-hybridized carbons (Fsp3) is 0.917. The fourth-order valence-electron chi connectivity index (χ4n) is 2.44. The molecule has 1 rings (SSSR count). The van der Waals surface area contributed by atoms with Crippen molar-refractivity contribution in [2.24, 2.45) is 0 Å². The minimum atomic E-state index is 0.494. The van der Waals surface area contributed by atoms with Gasteiger partial charge in [-0.1, -0.05) is 19.8 Å². The molecule has 1 saturated heterocycles. The van der Waals surface area contributed by atoms with E-state index in [2.05, 4.69) is 24.8 Å². The Morgan fingerprint density at radius 2 is 2.21 bits per heavy atom. The van der Waals surface area contributed by atoms with E-state index in [9.17, 15) is 0 Å². The first kappa shape index (κ1) is 11.5. The first-order valence-electron chi connectivity index (χ1n) is 5.92. The molecule has 1 aliphatic rings. The van der Waals surface area contributed by atoms with Gasteiger partial charge in [-0.05, 0) is 32.7 Å². The Kier molecular flexibility index (Phi) is 4.97. The lowest BCUT2D eigenvalue weighted by Crippen LogP contribution is -2.41. The van der Waals surface area contributed by atoms with Crippen molar-refractivity contribution in [3.63, 3.8) is 0 Å². The van der Waals surface area contributed by atoms with E-state index in [-0.39, 0.29) is 0 Å². The van der Waals surface area contributed by atoms with Crippen molar-refractivity contribution in [3.8, 4) is 6.07 Å². The molecule has 0 saturated carbocycles. The van der Waals surface area contributed by atoms with Crippen molar-refractivity contribution in [1.29, 1.82) is 5.26 Å². The molecule has 0 N–H and O–H groups in total. The lowest BCUT2D eigenvalue weighted by Gasteiger charge is -2.33. The molecule has 0 amide bonds. The molecule has 1 aliphatic heterocycles. The second-order valence-electron chi connectivity index (χ2n) is 4.36. The summed E-state index contributed by atoms with van der Waals surface area (Å²) in [7, 11) is 0. The number of rotatable bonds is 3. The number of nitrogens with zero attached hydrogens (tertiary/aromatic N) is 2. The van der Waals surface area contributed by atoms with Crippen LogP contribution in [0, 0.1) is 11.3 Å². The fourth-order valence-corrected chi connectivity index (χ4v) is 2.44. The van der Waals surface area contributed by atoms with E-state index in [0.29, 0.717) is 18.5 Å². The summed E-state index contributed by atoms with van der Waals surface area (Å²) in [6, 6.07) is 3.49. The number of likely N-dealkylation sites (tertiary alicyclic amines) is 1.